The molecule has 180 valence electrons. The first-order valence-electron chi connectivity index (χ1n) is 12.1. The van der Waals surface area contributed by atoms with Crippen LogP contribution in [0.5, 0.6) is 0 Å². The Kier molecular flexibility index (Phi) is 7.50. The van der Waals surface area contributed by atoms with E-state index in [-0.39, 0.29) is 24.9 Å². The lowest BCUT2D eigenvalue weighted by Crippen LogP contribution is -2.49. The van der Waals surface area contributed by atoms with E-state index in [0.717, 1.165) is 35.1 Å². The molecule has 0 aliphatic heterocycles. The van der Waals surface area contributed by atoms with Gasteiger partial charge < -0.3 is 20.1 Å². The highest BCUT2D eigenvalue weighted by atomic mass is 16.5. The molecule has 0 unspecified atom stereocenters. The summed E-state index contributed by atoms with van der Waals surface area (Å²) in [4.78, 5) is 38.4. The fourth-order valence-corrected chi connectivity index (χ4v) is 4.76. The first kappa shape index (κ1) is 23.8. The Morgan fingerprint density at radius 3 is 2.24 bits per heavy atom. The van der Waals surface area contributed by atoms with Gasteiger partial charge >= 0.3 is 12.1 Å². The zero-order valence-corrected chi connectivity index (χ0v) is 19.5. The van der Waals surface area contributed by atoms with Gasteiger partial charge in [-0.3, -0.25) is 9.59 Å². The number of benzene rings is 2. The number of ether oxygens (including phenoxy) is 1. The second-order valence-electron chi connectivity index (χ2n) is 9.12. The van der Waals surface area contributed by atoms with Crippen LogP contribution >= 0.6 is 0 Å². The summed E-state index contributed by atoms with van der Waals surface area (Å²) in [5.41, 5.74) is 4.60. The molecule has 7 heteroatoms. The van der Waals surface area contributed by atoms with Crippen LogP contribution in [0, 0.1) is 5.92 Å². The van der Waals surface area contributed by atoms with Crippen molar-refractivity contribution in [1.29, 1.82) is 0 Å². The number of fused-ring (bicyclic) bond motifs is 3. The Morgan fingerprint density at radius 2 is 1.68 bits per heavy atom. The van der Waals surface area contributed by atoms with Crippen molar-refractivity contribution in [3.8, 4) is 11.1 Å². The minimum Gasteiger partial charge on any atom is -0.481 e. The predicted octanol–water partition coefficient (Wildman–Crippen LogP) is 4.41. The SMILES string of the molecule is CCN(CCCC(=O)O)C(=O)[C@H](CC1CC1)NC(=O)OCC1c2ccccc2-c2ccccc21. The number of nitrogens with one attached hydrogen (secondary N) is 1. The van der Waals surface area contributed by atoms with Crippen molar-refractivity contribution in [2.75, 3.05) is 19.7 Å². The summed E-state index contributed by atoms with van der Waals surface area (Å²) in [6.07, 6.45) is 2.50. The summed E-state index contributed by atoms with van der Waals surface area (Å²) in [7, 11) is 0. The lowest BCUT2D eigenvalue weighted by atomic mass is 9.98. The molecule has 0 spiro atoms. The monoisotopic (exact) mass is 464 g/mol. The first-order chi connectivity index (χ1) is 16.5. The highest BCUT2D eigenvalue weighted by molar-refractivity contribution is 5.86. The third kappa shape index (κ3) is 5.58. The Bertz CT molecular complexity index is 1000. The molecule has 0 aromatic heterocycles. The molecule has 34 heavy (non-hydrogen) atoms. The van der Waals surface area contributed by atoms with Crippen LogP contribution in [0.1, 0.15) is 56.1 Å². The molecular weight excluding hydrogens is 432 g/mol. The van der Waals surface area contributed by atoms with Crippen LogP contribution in [0.4, 0.5) is 4.79 Å². The van der Waals surface area contributed by atoms with Gasteiger partial charge in [-0.15, -0.1) is 0 Å². The van der Waals surface area contributed by atoms with Crippen molar-refractivity contribution in [2.45, 2.75) is 51.0 Å². The Hall–Kier alpha value is -3.35. The van der Waals surface area contributed by atoms with Crippen molar-refractivity contribution in [1.82, 2.24) is 10.2 Å². The number of nitrogens with zero attached hydrogens (tertiary/aromatic N) is 1. The molecule has 1 fully saturated rings. The van der Waals surface area contributed by atoms with Crippen LogP contribution in [0.25, 0.3) is 11.1 Å². The van der Waals surface area contributed by atoms with Gasteiger partial charge in [0.25, 0.3) is 0 Å². The predicted molar refractivity (Wildman–Crippen MR) is 128 cm³/mol. The molecule has 2 N–H and O–H groups in total. The van der Waals surface area contributed by atoms with Crippen LogP contribution in [0.15, 0.2) is 48.5 Å². The molecule has 7 nitrogen and oxygen atoms in total. The van der Waals surface area contributed by atoms with Crippen LogP contribution in [-0.2, 0) is 14.3 Å². The molecule has 1 atom stereocenters. The second-order valence-corrected chi connectivity index (χ2v) is 9.12. The Balaban J connectivity index is 1.39. The van der Waals surface area contributed by atoms with Gasteiger partial charge in [-0.2, -0.15) is 0 Å². The van der Waals surface area contributed by atoms with Crippen LogP contribution in [0.3, 0.4) is 0 Å². The molecular formula is C27H32N2O5. The molecule has 1 saturated carbocycles. The number of rotatable bonds is 11. The number of amides is 2. The quantitative estimate of drug-likeness (QED) is 0.514. The normalized spacial score (nSPS) is 15.2. The van der Waals surface area contributed by atoms with Gasteiger partial charge in [-0.25, -0.2) is 4.79 Å². The van der Waals surface area contributed by atoms with Crippen molar-refractivity contribution in [3.63, 3.8) is 0 Å². The van der Waals surface area contributed by atoms with E-state index in [4.69, 9.17) is 9.84 Å². The topological polar surface area (TPSA) is 95.9 Å². The van der Waals surface area contributed by atoms with Gasteiger partial charge in [0.2, 0.25) is 5.91 Å². The number of hydrogen-bond acceptors (Lipinski definition) is 4. The molecule has 2 aliphatic rings. The number of hydrogen-bond donors (Lipinski definition) is 2. The number of carboxylic acid groups (broad SMARTS) is 1. The number of alkyl carbamates (subject to hydrolysis) is 1. The molecule has 0 saturated heterocycles. The number of likely N-dealkylation sites (N-methyl/N-ethyl adjacent to an activating group) is 1. The van der Waals surface area contributed by atoms with Crippen molar-refractivity contribution < 1.29 is 24.2 Å². The minimum absolute atomic E-state index is 0.0108. The molecule has 0 bridgehead atoms. The lowest BCUT2D eigenvalue weighted by Gasteiger charge is -2.27. The summed E-state index contributed by atoms with van der Waals surface area (Å²) in [5, 5.41) is 11.7. The summed E-state index contributed by atoms with van der Waals surface area (Å²) in [5.74, 6) is -0.664. The third-order valence-electron chi connectivity index (χ3n) is 6.71. The average Bonchev–Trinajstić information content (AvgIpc) is 3.60. The molecule has 2 amide bonds. The first-order valence-corrected chi connectivity index (χ1v) is 12.1. The zero-order chi connectivity index (χ0) is 24.1. The Morgan fingerprint density at radius 1 is 1.06 bits per heavy atom. The average molecular weight is 465 g/mol. The standard InChI is InChI=1S/C27H32N2O5/c1-2-29(15-7-12-25(30)31)26(32)24(16-18-13-14-18)28-27(33)34-17-23-21-10-5-3-8-19(21)20-9-4-6-11-22(20)23/h3-6,8-11,18,23-24H,2,7,12-17H2,1H3,(H,28,33)(H,30,31)/t24-/m0/s1. The Labute approximate surface area is 200 Å². The van der Waals surface area contributed by atoms with Gasteiger partial charge in [-0.05, 0) is 47.9 Å². The zero-order valence-electron chi connectivity index (χ0n) is 19.5. The molecule has 2 aromatic carbocycles. The molecule has 0 radical (unpaired) electrons. The number of carboxylic acids is 1. The largest absolute Gasteiger partial charge is 0.481 e. The maximum absolute atomic E-state index is 13.1. The summed E-state index contributed by atoms with van der Waals surface area (Å²) >= 11 is 0. The van der Waals surface area contributed by atoms with Gasteiger partial charge in [-0.1, -0.05) is 61.4 Å². The van der Waals surface area contributed by atoms with Crippen molar-refractivity contribution in [2.24, 2.45) is 5.92 Å². The third-order valence-corrected chi connectivity index (χ3v) is 6.71. The lowest BCUT2D eigenvalue weighted by molar-refractivity contribution is -0.138. The smallest absolute Gasteiger partial charge is 0.407 e. The van der Waals surface area contributed by atoms with Crippen molar-refractivity contribution in [3.05, 3.63) is 59.7 Å². The second kappa shape index (κ2) is 10.7. The van der Waals surface area contributed by atoms with Crippen LogP contribution in [0.2, 0.25) is 0 Å². The van der Waals surface area contributed by atoms with Crippen LogP contribution in [-0.4, -0.2) is 53.7 Å². The van der Waals surface area contributed by atoms with E-state index >= 15 is 0 Å². The molecule has 2 aliphatic carbocycles. The fourth-order valence-electron chi connectivity index (χ4n) is 4.76. The van der Waals surface area contributed by atoms with E-state index in [0.29, 0.717) is 31.8 Å². The summed E-state index contributed by atoms with van der Waals surface area (Å²) < 4.78 is 5.65. The highest BCUT2D eigenvalue weighted by Crippen LogP contribution is 2.44. The van der Waals surface area contributed by atoms with E-state index in [1.165, 1.54) is 0 Å². The molecule has 0 heterocycles. The van der Waals surface area contributed by atoms with E-state index in [1.54, 1.807) is 4.90 Å². The maximum atomic E-state index is 13.1. The number of carbonyl (C=O) groups excluding carboxylic acids is 2. The van der Waals surface area contributed by atoms with Gasteiger partial charge in [0, 0.05) is 25.4 Å². The van der Waals surface area contributed by atoms with Gasteiger partial charge in [0.1, 0.15) is 12.6 Å². The van der Waals surface area contributed by atoms with Gasteiger partial charge in [0.05, 0.1) is 0 Å². The number of aliphatic carboxylic acids is 1. The summed E-state index contributed by atoms with van der Waals surface area (Å²) in [6, 6.07) is 15.6. The minimum atomic E-state index is -0.880. The highest BCUT2D eigenvalue weighted by Gasteiger charge is 2.34. The van der Waals surface area contributed by atoms with Crippen LogP contribution < -0.4 is 5.32 Å². The van der Waals surface area contributed by atoms with Gasteiger partial charge in [0.15, 0.2) is 0 Å². The van der Waals surface area contributed by atoms with Crippen molar-refractivity contribution >= 4 is 18.0 Å². The van der Waals surface area contributed by atoms with E-state index in [2.05, 4.69) is 29.6 Å². The molecule has 4 rings (SSSR count). The van der Waals surface area contributed by atoms with E-state index in [9.17, 15) is 14.4 Å². The fraction of sp³-hybridized carbons (Fsp3) is 0.444. The molecule has 2 aromatic rings. The number of carbonyl (C=O) groups is 3. The maximum Gasteiger partial charge on any atom is 0.407 e. The van der Waals surface area contributed by atoms with E-state index in [1.807, 2.05) is 31.2 Å². The summed E-state index contributed by atoms with van der Waals surface area (Å²) in [6.45, 7) is 2.88. The van der Waals surface area contributed by atoms with E-state index < -0.39 is 18.1 Å².